The first-order valence-electron chi connectivity index (χ1n) is 8.73. The Hall–Kier alpha value is -3.02. The summed E-state index contributed by atoms with van der Waals surface area (Å²) in [5, 5.41) is 5.82. The molecule has 0 aromatic heterocycles. The number of hydrogen-bond acceptors (Lipinski definition) is 4. The van der Waals surface area contributed by atoms with Crippen molar-refractivity contribution in [3.63, 3.8) is 0 Å². The van der Waals surface area contributed by atoms with E-state index in [1.807, 2.05) is 42.5 Å². The van der Waals surface area contributed by atoms with Crippen LogP contribution in [-0.2, 0) is 22.6 Å². The van der Waals surface area contributed by atoms with Crippen LogP contribution in [0, 0.1) is 5.92 Å². The lowest BCUT2D eigenvalue weighted by Gasteiger charge is -2.24. The maximum absolute atomic E-state index is 12.2. The van der Waals surface area contributed by atoms with Crippen molar-refractivity contribution in [1.29, 1.82) is 0 Å². The van der Waals surface area contributed by atoms with E-state index in [0.29, 0.717) is 31.6 Å². The summed E-state index contributed by atoms with van der Waals surface area (Å²) in [6.45, 7) is 0.660. The number of fused-ring (bicyclic) bond motifs is 2. The van der Waals surface area contributed by atoms with E-state index in [1.54, 1.807) is 0 Å². The first-order chi connectivity index (χ1) is 12.7. The molecule has 4 rings (SSSR count). The van der Waals surface area contributed by atoms with Gasteiger partial charge >= 0.3 is 0 Å². The summed E-state index contributed by atoms with van der Waals surface area (Å²) >= 11 is 0. The molecule has 0 saturated heterocycles. The molecule has 6 heteroatoms. The molecule has 0 radical (unpaired) electrons. The Balaban J connectivity index is 1.27. The van der Waals surface area contributed by atoms with Crippen molar-refractivity contribution in [3.8, 4) is 11.5 Å². The third-order valence-electron chi connectivity index (χ3n) is 4.76. The van der Waals surface area contributed by atoms with Crippen molar-refractivity contribution in [3.05, 3.63) is 53.6 Å². The predicted octanol–water partition coefficient (Wildman–Crippen LogP) is 2.62. The Morgan fingerprint density at radius 3 is 2.92 bits per heavy atom. The van der Waals surface area contributed by atoms with Crippen LogP contribution in [-0.4, -0.2) is 18.6 Å². The van der Waals surface area contributed by atoms with E-state index in [1.165, 1.54) is 0 Å². The van der Waals surface area contributed by atoms with E-state index < -0.39 is 0 Å². The Bertz CT molecular complexity index is 849. The fourth-order valence-electron chi connectivity index (χ4n) is 3.29. The Labute approximate surface area is 151 Å². The molecule has 0 saturated carbocycles. The standard InChI is InChI=1S/C20H20N2O4/c23-19(21-11-13-5-7-17-18(9-13)26-12-25-17)8-6-15-10-14-3-1-2-4-16(14)22-20(15)24/h1-5,7,9,15H,6,8,10-12H2,(H,21,23)(H,22,24). The van der Waals surface area contributed by atoms with Crippen LogP contribution in [0.2, 0.25) is 0 Å². The number of carbonyl (C=O) groups is 2. The third-order valence-corrected chi connectivity index (χ3v) is 4.76. The van der Waals surface area contributed by atoms with Crippen LogP contribution in [0.15, 0.2) is 42.5 Å². The SMILES string of the molecule is O=C(CCC1Cc2ccccc2NC1=O)NCc1ccc2c(c1)OCO2. The zero-order chi connectivity index (χ0) is 17.9. The van der Waals surface area contributed by atoms with Crippen LogP contribution >= 0.6 is 0 Å². The highest BCUT2D eigenvalue weighted by atomic mass is 16.7. The lowest BCUT2D eigenvalue weighted by atomic mass is 9.89. The number of carbonyl (C=O) groups excluding carboxylic acids is 2. The van der Waals surface area contributed by atoms with Gasteiger partial charge in [-0.15, -0.1) is 0 Å². The van der Waals surface area contributed by atoms with Crippen molar-refractivity contribution >= 4 is 17.5 Å². The van der Waals surface area contributed by atoms with Crippen LogP contribution in [0.1, 0.15) is 24.0 Å². The second kappa shape index (κ2) is 7.07. The smallest absolute Gasteiger partial charge is 0.231 e. The van der Waals surface area contributed by atoms with Gasteiger partial charge in [0, 0.05) is 24.6 Å². The molecule has 1 atom stereocenters. The first-order valence-corrected chi connectivity index (χ1v) is 8.73. The molecular formula is C20H20N2O4. The summed E-state index contributed by atoms with van der Waals surface area (Å²) in [7, 11) is 0. The van der Waals surface area contributed by atoms with Crippen LogP contribution in [0.5, 0.6) is 11.5 Å². The summed E-state index contributed by atoms with van der Waals surface area (Å²) in [5.41, 5.74) is 2.95. The van der Waals surface area contributed by atoms with Crippen LogP contribution in [0.25, 0.3) is 0 Å². The average molecular weight is 352 g/mol. The highest BCUT2D eigenvalue weighted by Gasteiger charge is 2.26. The fraction of sp³-hybridized carbons (Fsp3) is 0.300. The minimum Gasteiger partial charge on any atom is -0.454 e. The van der Waals surface area contributed by atoms with Gasteiger partial charge in [-0.05, 0) is 42.2 Å². The molecule has 26 heavy (non-hydrogen) atoms. The molecule has 2 aromatic rings. The van der Waals surface area contributed by atoms with Gasteiger partial charge in [-0.3, -0.25) is 9.59 Å². The van der Waals surface area contributed by atoms with Gasteiger partial charge in [0.2, 0.25) is 18.6 Å². The summed E-state index contributed by atoms with van der Waals surface area (Å²) in [5.74, 6) is 1.20. The second-order valence-corrected chi connectivity index (χ2v) is 6.55. The molecule has 2 N–H and O–H groups in total. The van der Waals surface area contributed by atoms with Crippen molar-refractivity contribution in [2.45, 2.75) is 25.8 Å². The van der Waals surface area contributed by atoms with Gasteiger partial charge in [0.05, 0.1) is 0 Å². The Morgan fingerprint density at radius 2 is 2.00 bits per heavy atom. The van der Waals surface area contributed by atoms with Gasteiger partial charge in [-0.1, -0.05) is 24.3 Å². The molecule has 0 spiro atoms. The topological polar surface area (TPSA) is 76.7 Å². The Morgan fingerprint density at radius 1 is 1.15 bits per heavy atom. The monoisotopic (exact) mass is 352 g/mol. The maximum Gasteiger partial charge on any atom is 0.231 e. The number of benzene rings is 2. The molecular weight excluding hydrogens is 332 g/mol. The maximum atomic E-state index is 12.2. The van der Waals surface area contributed by atoms with Crippen molar-refractivity contribution in [2.75, 3.05) is 12.1 Å². The Kier molecular flexibility index (Phi) is 4.48. The van der Waals surface area contributed by atoms with E-state index in [4.69, 9.17) is 9.47 Å². The quantitative estimate of drug-likeness (QED) is 0.867. The number of ether oxygens (including phenoxy) is 2. The fourth-order valence-corrected chi connectivity index (χ4v) is 3.29. The number of rotatable bonds is 5. The number of nitrogens with one attached hydrogen (secondary N) is 2. The lowest BCUT2D eigenvalue weighted by molar-refractivity contribution is -0.122. The van der Waals surface area contributed by atoms with Gasteiger partial charge in [-0.25, -0.2) is 0 Å². The molecule has 6 nitrogen and oxygen atoms in total. The molecule has 2 aromatic carbocycles. The number of amides is 2. The van der Waals surface area contributed by atoms with Gasteiger partial charge in [0.15, 0.2) is 11.5 Å². The molecule has 1 unspecified atom stereocenters. The van der Waals surface area contributed by atoms with E-state index in [0.717, 1.165) is 22.6 Å². The van der Waals surface area contributed by atoms with Crippen molar-refractivity contribution in [2.24, 2.45) is 5.92 Å². The number of anilines is 1. The van der Waals surface area contributed by atoms with Gasteiger partial charge in [0.25, 0.3) is 0 Å². The zero-order valence-electron chi connectivity index (χ0n) is 14.3. The molecule has 2 aliphatic rings. The summed E-state index contributed by atoms with van der Waals surface area (Å²) in [4.78, 5) is 24.3. The minimum atomic E-state index is -0.166. The average Bonchev–Trinajstić information content (AvgIpc) is 3.12. The van der Waals surface area contributed by atoms with E-state index in [9.17, 15) is 9.59 Å². The highest BCUT2D eigenvalue weighted by molar-refractivity contribution is 5.96. The molecule has 2 amide bonds. The molecule has 0 bridgehead atoms. The lowest BCUT2D eigenvalue weighted by Crippen LogP contribution is -2.31. The largest absolute Gasteiger partial charge is 0.454 e. The molecule has 2 aliphatic heterocycles. The van der Waals surface area contributed by atoms with Crippen molar-refractivity contribution in [1.82, 2.24) is 5.32 Å². The van der Waals surface area contributed by atoms with Gasteiger partial charge < -0.3 is 20.1 Å². The van der Waals surface area contributed by atoms with Gasteiger partial charge in [0.1, 0.15) is 0 Å². The summed E-state index contributed by atoms with van der Waals surface area (Å²) in [6.07, 6.45) is 1.54. The van der Waals surface area contributed by atoms with E-state index >= 15 is 0 Å². The van der Waals surface area contributed by atoms with E-state index in [2.05, 4.69) is 10.6 Å². The number of para-hydroxylation sites is 1. The van der Waals surface area contributed by atoms with E-state index in [-0.39, 0.29) is 24.5 Å². The molecule has 0 aliphatic carbocycles. The summed E-state index contributed by atoms with van der Waals surface area (Å²) < 4.78 is 10.6. The van der Waals surface area contributed by atoms with Gasteiger partial charge in [-0.2, -0.15) is 0 Å². The highest BCUT2D eigenvalue weighted by Crippen LogP contribution is 2.32. The minimum absolute atomic E-state index is 0.00716. The number of hydrogen-bond donors (Lipinski definition) is 2. The van der Waals surface area contributed by atoms with Crippen LogP contribution in [0.3, 0.4) is 0 Å². The predicted molar refractivity (Wildman–Crippen MR) is 95.9 cm³/mol. The van der Waals surface area contributed by atoms with Crippen molar-refractivity contribution < 1.29 is 19.1 Å². The second-order valence-electron chi connectivity index (χ2n) is 6.55. The molecule has 2 heterocycles. The first kappa shape index (κ1) is 16.4. The zero-order valence-corrected chi connectivity index (χ0v) is 14.3. The summed E-state index contributed by atoms with van der Waals surface area (Å²) in [6, 6.07) is 13.4. The van der Waals surface area contributed by atoms with Crippen LogP contribution < -0.4 is 20.1 Å². The molecule has 0 fully saturated rings. The normalized spacial score (nSPS) is 17.4. The molecule has 134 valence electrons. The van der Waals surface area contributed by atoms with Crippen LogP contribution in [0.4, 0.5) is 5.69 Å². The third kappa shape index (κ3) is 3.49.